The molecule has 0 saturated carbocycles. The maximum absolute atomic E-state index is 13.0. The number of hydrogen-bond acceptors (Lipinski definition) is 5. The van der Waals surface area contributed by atoms with Crippen LogP contribution in [-0.4, -0.2) is 27.0 Å². The Morgan fingerprint density at radius 2 is 1.56 bits per heavy atom. The topological polar surface area (TPSA) is 98.1 Å². The molecule has 3 N–H and O–H groups in total. The van der Waals surface area contributed by atoms with Crippen molar-refractivity contribution in [2.24, 2.45) is 5.41 Å². The normalized spacial score (nSPS) is 17.5. The van der Waals surface area contributed by atoms with Crippen LogP contribution < -0.4 is 4.90 Å². The van der Waals surface area contributed by atoms with Crippen LogP contribution >= 0.6 is 0 Å². The highest BCUT2D eigenvalue weighted by molar-refractivity contribution is 6.17. The highest BCUT2D eigenvalue weighted by atomic mass is 16.3. The first kappa shape index (κ1) is 18.5. The Morgan fingerprint density at radius 1 is 0.963 bits per heavy atom. The number of aliphatic hydroxyl groups excluding tert-OH is 1. The molecule has 1 aliphatic heterocycles. The highest BCUT2D eigenvalue weighted by Gasteiger charge is 2.47. The first-order valence-corrected chi connectivity index (χ1v) is 8.51. The van der Waals surface area contributed by atoms with Crippen LogP contribution in [0.4, 0.5) is 5.69 Å². The molecule has 0 aliphatic carbocycles. The van der Waals surface area contributed by atoms with Gasteiger partial charge in [0, 0.05) is 5.41 Å². The molecule has 0 saturated heterocycles. The first-order chi connectivity index (χ1) is 12.6. The smallest absolute Gasteiger partial charge is 0.294 e. The number of anilines is 1. The van der Waals surface area contributed by atoms with Gasteiger partial charge in [0.15, 0.2) is 11.5 Å². The Morgan fingerprint density at radius 3 is 2.11 bits per heavy atom. The minimum atomic E-state index is -0.918. The second-order valence-corrected chi connectivity index (χ2v) is 7.50. The van der Waals surface area contributed by atoms with Gasteiger partial charge in [0.2, 0.25) is 0 Å². The van der Waals surface area contributed by atoms with Crippen LogP contribution in [0.2, 0.25) is 0 Å². The summed E-state index contributed by atoms with van der Waals surface area (Å²) in [6, 6.07) is 11.4. The van der Waals surface area contributed by atoms with Crippen molar-refractivity contribution in [3.8, 4) is 11.5 Å². The lowest BCUT2D eigenvalue weighted by Crippen LogP contribution is -2.32. The zero-order valence-electron chi connectivity index (χ0n) is 15.3. The quantitative estimate of drug-likeness (QED) is 0.770. The van der Waals surface area contributed by atoms with E-state index in [4.69, 9.17) is 0 Å². The van der Waals surface area contributed by atoms with Crippen molar-refractivity contribution in [1.82, 2.24) is 0 Å². The van der Waals surface area contributed by atoms with Gasteiger partial charge in [0.05, 0.1) is 17.3 Å². The van der Waals surface area contributed by atoms with Crippen LogP contribution in [0, 0.1) is 5.41 Å². The molecule has 2 aromatic carbocycles. The summed E-state index contributed by atoms with van der Waals surface area (Å²) < 4.78 is 0. The fourth-order valence-electron chi connectivity index (χ4n) is 3.13. The highest BCUT2D eigenvalue weighted by Crippen LogP contribution is 2.45. The number of amides is 1. The van der Waals surface area contributed by atoms with E-state index in [0.29, 0.717) is 5.56 Å². The van der Waals surface area contributed by atoms with Gasteiger partial charge in [-0.25, -0.2) is 0 Å². The van der Waals surface area contributed by atoms with Crippen LogP contribution in [0.3, 0.4) is 0 Å². The molecule has 6 heteroatoms. The second kappa shape index (κ2) is 6.46. The van der Waals surface area contributed by atoms with Gasteiger partial charge in [-0.2, -0.15) is 0 Å². The minimum absolute atomic E-state index is 0.0264. The molecule has 140 valence electrons. The van der Waals surface area contributed by atoms with Crippen LogP contribution in [-0.2, 0) is 9.59 Å². The lowest BCUT2D eigenvalue weighted by molar-refractivity contribution is -0.123. The molecule has 0 radical (unpaired) electrons. The number of phenols is 2. The van der Waals surface area contributed by atoms with E-state index in [2.05, 4.69) is 0 Å². The van der Waals surface area contributed by atoms with Crippen LogP contribution in [0.5, 0.6) is 11.5 Å². The summed E-state index contributed by atoms with van der Waals surface area (Å²) in [7, 11) is 0. The van der Waals surface area contributed by atoms with Gasteiger partial charge in [-0.05, 0) is 29.8 Å². The summed E-state index contributed by atoms with van der Waals surface area (Å²) in [6.45, 7) is 5.11. The molecular formula is C21H21NO5. The summed E-state index contributed by atoms with van der Waals surface area (Å²) in [4.78, 5) is 27.1. The number of rotatable bonds is 3. The Kier molecular flexibility index (Phi) is 4.43. The van der Waals surface area contributed by atoms with Crippen molar-refractivity contribution in [3.63, 3.8) is 0 Å². The van der Waals surface area contributed by atoms with E-state index in [1.54, 1.807) is 51.1 Å². The zero-order valence-corrected chi connectivity index (χ0v) is 15.3. The average molecular weight is 367 g/mol. The van der Waals surface area contributed by atoms with E-state index in [-0.39, 0.29) is 28.5 Å². The molecule has 1 unspecified atom stereocenters. The fraction of sp³-hybridized carbons (Fsp3) is 0.238. The van der Waals surface area contributed by atoms with Gasteiger partial charge in [-0.3, -0.25) is 14.5 Å². The average Bonchev–Trinajstić information content (AvgIpc) is 2.86. The van der Waals surface area contributed by atoms with Crippen molar-refractivity contribution in [2.75, 3.05) is 4.90 Å². The summed E-state index contributed by atoms with van der Waals surface area (Å²) in [6.07, 6.45) is 0. The molecule has 0 fully saturated rings. The molecule has 0 bridgehead atoms. The van der Waals surface area contributed by atoms with Crippen molar-refractivity contribution in [1.29, 1.82) is 0 Å². The van der Waals surface area contributed by atoms with Crippen molar-refractivity contribution in [3.05, 3.63) is 65.4 Å². The van der Waals surface area contributed by atoms with E-state index < -0.39 is 23.1 Å². The Bertz CT molecular complexity index is 938. The van der Waals surface area contributed by atoms with Crippen LogP contribution in [0.1, 0.15) is 32.4 Å². The monoisotopic (exact) mass is 367 g/mol. The van der Waals surface area contributed by atoms with E-state index in [9.17, 15) is 24.9 Å². The zero-order chi connectivity index (χ0) is 19.9. The standard InChI is InChI=1S/C21H21NO5/c1-21(2,3)19(26)16-17(12-8-10-13(23)11-9-12)22(20(27)18(16)25)14-6-4-5-7-15(14)24/h4-11,17,23-25H,1-3H3. The molecule has 1 atom stereocenters. The molecular weight excluding hydrogens is 346 g/mol. The number of para-hydroxylation sites is 2. The van der Waals surface area contributed by atoms with Crippen molar-refractivity contribution >= 4 is 17.4 Å². The summed E-state index contributed by atoms with van der Waals surface area (Å²) in [5.41, 5.74) is -0.139. The van der Waals surface area contributed by atoms with Crippen molar-refractivity contribution < 1.29 is 24.9 Å². The molecule has 3 rings (SSSR count). The third kappa shape index (κ3) is 3.14. The van der Waals surface area contributed by atoms with E-state index in [1.807, 2.05) is 0 Å². The van der Waals surface area contributed by atoms with Crippen molar-refractivity contribution in [2.45, 2.75) is 26.8 Å². The summed E-state index contributed by atoms with van der Waals surface area (Å²) in [5, 5.41) is 30.4. The predicted molar refractivity (Wildman–Crippen MR) is 101 cm³/mol. The largest absolute Gasteiger partial charge is 0.508 e. The molecule has 6 nitrogen and oxygen atoms in total. The number of aliphatic hydroxyl groups is 1. The number of hydrogen-bond donors (Lipinski definition) is 3. The minimum Gasteiger partial charge on any atom is -0.508 e. The van der Waals surface area contributed by atoms with Crippen LogP contribution in [0.15, 0.2) is 59.9 Å². The Hall–Kier alpha value is -3.28. The molecule has 2 aromatic rings. The summed E-state index contributed by atoms with van der Waals surface area (Å²) in [5.74, 6) is -1.87. The molecule has 0 aromatic heterocycles. The second-order valence-electron chi connectivity index (χ2n) is 7.50. The lowest BCUT2D eigenvalue weighted by atomic mass is 9.82. The third-order valence-corrected chi connectivity index (χ3v) is 4.48. The first-order valence-electron chi connectivity index (χ1n) is 8.51. The summed E-state index contributed by atoms with van der Waals surface area (Å²) >= 11 is 0. The number of benzene rings is 2. The third-order valence-electron chi connectivity index (χ3n) is 4.48. The molecule has 1 amide bonds. The Labute approximate surface area is 157 Å². The van der Waals surface area contributed by atoms with Gasteiger partial charge in [-0.1, -0.05) is 45.0 Å². The predicted octanol–water partition coefficient (Wildman–Crippen LogP) is 3.61. The van der Waals surface area contributed by atoms with E-state index >= 15 is 0 Å². The maximum Gasteiger partial charge on any atom is 0.294 e. The van der Waals surface area contributed by atoms with E-state index in [1.165, 1.54) is 23.1 Å². The Balaban J connectivity index is 2.23. The number of carbonyl (C=O) groups excluding carboxylic acids is 2. The van der Waals surface area contributed by atoms with Gasteiger partial charge in [0.25, 0.3) is 5.91 Å². The van der Waals surface area contributed by atoms with Gasteiger partial charge < -0.3 is 15.3 Å². The SMILES string of the molecule is CC(C)(C)C(=O)C1=C(O)C(=O)N(c2ccccc2O)C1c1ccc(O)cc1. The maximum atomic E-state index is 13.0. The number of phenolic OH excluding ortho intramolecular Hbond substituents is 2. The van der Waals surface area contributed by atoms with Gasteiger partial charge in [-0.15, -0.1) is 0 Å². The molecule has 1 heterocycles. The number of nitrogens with zero attached hydrogens (tertiary/aromatic N) is 1. The van der Waals surface area contributed by atoms with Gasteiger partial charge in [0.1, 0.15) is 11.5 Å². The van der Waals surface area contributed by atoms with E-state index in [0.717, 1.165) is 0 Å². The van der Waals surface area contributed by atoms with Crippen LogP contribution in [0.25, 0.3) is 0 Å². The fourth-order valence-corrected chi connectivity index (χ4v) is 3.13. The molecule has 27 heavy (non-hydrogen) atoms. The number of carbonyl (C=O) groups is 2. The lowest BCUT2D eigenvalue weighted by Gasteiger charge is -2.29. The molecule has 1 aliphatic rings. The number of ketones is 1. The number of aromatic hydroxyl groups is 2. The number of Topliss-reactive ketones (excluding diaryl/α,β-unsaturated/α-hetero) is 1. The van der Waals surface area contributed by atoms with Gasteiger partial charge >= 0.3 is 0 Å². The molecule has 0 spiro atoms.